The van der Waals surface area contributed by atoms with E-state index in [9.17, 15) is 5.11 Å². The van der Waals surface area contributed by atoms with Gasteiger partial charge in [-0.05, 0) is 37.5 Å². The fourth-order valence-corrected chi connectivity index (χ4v) is 2.84. The molecule has 0 radical (unpaired) electrons. The molecule has 0 aromatic carbocycles. The molecule has 1 heterocycles. The predicted octanol–water partition coefficient (Wildman–Crippen LogP) is 3.40. The largest absolute Gasteiger partial charge is 0.390 e. The van der Waals surface area contributed by atoms with Gasteiger partial charge in [0.2, 0.25) is 0 Å². The Hall–Kier alpha value is -0.340. The highest BCUT2D eigenvalue weighted by Gasteiger charge is 2.37. The monoisotopic (exact) mass is 240 g/mol. The second-order valence-corrected chi connectivity index (χ2v) is 5.57. The Kier molecular flexibility index (Phi) is 5.68. The zero-order valence-corrected chi connectivity index (χ0v) is 11.9. The van der Waals surface area contributed by atoms with Gasteiger partial charge in [-0.2, -0.15) is 0 Å². The third kappa shape index (κ3) is 3.56. The van der Waals surface area contributed by atoms with Crippen LogP contribution in [0.5, 0.6) is 0 Å². The third-order valence-corrected chi connectivity index (χ3v) is 4.21. The molecule has 6 atom stereocenters. The third-order valence-electron chi connectivity index (χ3n) is 4.21. The van der Waals surface area contributed by atoms with Gasteiger partial charge in [0, 0.05) is 0 Å². The van der Waals surface area contributed by atoms with Crippen LogP contribution in [0.3, 0.4) is 0 Å². The van der Waals surface area contributed by atoms with Crippen molar-refractivity contribution in [2.75, 3.05) is 0 Å². The Morgan fingerprint density at radius 2 is 2.06 bits per heavy atom. The molecule has 0 bridgehead atoms. The van der Waals surface area contributed by atoms with E-state index < -0.39 is 0 Å². The van der Waals surface area contributed by atoms with E-state index in [4.69, 9.17) is 4.74 Å². The Morgan fingerprint density at radius 1 is 1.41 bits per heavy atom. The maximum absolute atomic E-state index is 10.2. The molecule has 1 N–H and O–H groups in total. The summed E-state index contributed by atoms with van der Waals surface area (Å²) in [6.45, 7) is 10.8. The lowest BCUT2D eigenvalue weighted by atomic mass is 9.81. The van der Waals surface area contributed by atoms with Crippen LogP contribution in [0, 0.1) is 17.8 Å². The molecule has 17 heavy (non-hydrogen) atoms. The molecule has 0 aromatic heterocycles. The minimum Gasteiger partial charge on any atom is -0.390 e. The maximum atomic E-state index is 10.2. The quantitative estimate of drug-likeness (QED) is 0.763. The van der Waals surface area contributed by atoms with Crippen LogP contribution in [0.25, 0.3) is 0 Å². The molecular formula is C15H28O2. The summed E-state index contributed by atoms with van der Waals surface area (Å²) in [5, 5.41) is 10.2. The van der Waals surface area contributed by atoms with E-state index in [-0.39, 0.29) is 12.2 Å². The lowest BCUT2D eigenvalue weighted by Gasteiger charge is -2.41. The number of ether oxygens (including phenoxy) is 1. The van der Waals surface area contributed by atoms with Crippen LogP contribution in [0.15, 0.2) is 12.2 Å². The number of hydrogen-bond acceptors (Lipinski definition) is 2. The van der Waals surface area contributed by atoms with E-state index in [1.807, 2.05) is 6.92 Å². The number of allylic oxidation sites excluding steroid dienone is 2. The van der Waals surface area contributed by atoms with Gasteiger partial charge in [0.1, 0.15) is 0 Å². The molecule has 1 fully saturated rings. The molecule has 1 rings (SSSR count). The fourth-order valence-electron chi connectivity index (χ4n) is 2.84. The normalized spacial score (nSPS) is 38.2. The zero-order chi connectivity index (χ0) is 13.0. The van der Waals surface area contributed by atoms with Gasteiger partial charge in [-0.15, -0.1) is 0 Å². The van der Waals surface area contributed by atoms with Gasteiger partial charge in [0.05, 0.1) is 18.3 Å². The van der Waals surface area contributed by atoms with Crippen LogP contribution in [0.2, 0.25) is 0 Å². The SMILES string of the molecule is C/C=C/[C@H](C)[C@@H](C)[C@@H]1O[C@H](CC)[C@H](C)C[C@@H]1O. The lowest BCUT2D eigenvalue weighted by Crippen LogP contribution is -2.47. The molecule has 1 aliphatic heterocycles. The maximum Gasteiger partial charge on any atom is 0.0868 e. The predicted molar refractivity (Wildman–Crippen MR) is 71.9 cm³/mol. The zero-order valence-electron chi connectivity index (χ0n) is 11.9. The molecule has 100 valence electrons. The van der Waals surface area contributed by atoms with Gasteiger partial charge < -0.3 is 9.84 Å². The first-order valence-electron chi connectivity index (χ1n) is 6.97. The second-order valence-electron chi connectivity index (χ2n) is 5.57. The molecule has 1 saturated heterocycles. The van der Waals surface area contributed by atoms with Crippen LogP contribution >= 0.6 is 0 Å². The molecule has 0 spiro atoms. The molecule has 2 nitrogen and oxygen atoms in total. The van der Waals surface area contributed by atoms with Crippen molar-refractivity contribution in [2.45, 2.75) is 65.8 Å². The van der Waals surface area contributed by atoms with E-state index in [2.05, 4.69) is 39.8 Å². The minimum atomic E-state index is -0.310. The Labute approximate surface area is 106 Å². The first-order valence-corrected chi connectivity index (χ1v) is 6.97. The van der Waals surface area contributed by atoms with Gasteiger partial charge >= 0.3 is 0 Å². The Morgan fingerprint density at radius 3 is 2.59 bits per heavy atom. The van der Waals surface area contributed by atoms with Crippen LogP contribution < -0.4 is 0 Å². The average Bonchev–Trinajstić information content (AvgIpc) is 2.29. The molecule has 0 aliphatic carbocycles. The Balaban J connectivity index is 2.68. The van der Waals surface area contributed by atoms with Gasteiger partial charge in [-0.1, -0.05) is 39.8 Å². The van der Waals surface area contributed by atoms with Gasteiger partial charge in [0.15, 0.2) is 0 Å². The summed E-state index contributed by atoms with van der Waals surface area (Å²) in [5.41, 5.74) is 0. The Bertz CT molecular complexity index is 249. The van der Waals surface area contributed by atoms with Crippen molar-refractivity contribution >= 4 is 0 Å². The van der Waals surface area contributed by atoms with Crippen LogP contribution in [-0.2, 0) is 4.74 Å². The van der Waals surface area contributed by atoms with Crippen LogP contribution in [0.4, 0.5) is 0 Å². The van der Waals surface area contributed by atoms with E-state index in [0.717, 1.165) is 12.8 Å². The highest BCUT2D eigenvalue weighted by molar-refractivity contribution is 4.93. The topological polar surface area (TPSA) is 29.5 Å². The van der Waals surface area contributed by atoms with Crippen molar-refractivity contribution in [1.82, 2.24) is 0 Å². The van der Waals surface area contributed by atoms with Crippen molar-refractivity contribution in [2.24, 2.45) is 17.8 Å². The van der Waals surface area contributed by atoms with Crippen LogP contribution in [-0.4, -0.2) is 23.4 Å². The second kappa shape index (κ2) is 6.55. The summed E-state index contributed by atoms with van der Waals surface area (Å²) in [4.78, 5) is 0. The number of aliphatic hydroxyl groups is 1. The van der Waals surface area contributed by atoms with Crippen molar-refractivity contribution in [3.05, 3.63) is 12.2 Å². The summed E-state index contributed by atoms with van der Waals surface area (Å²) in [6, 6.07) is 0. The van der Waals surface area contributed by atoms with Crippen LogP contribution in [0.1, 0.15) is 47.5 Å². The van der Waals surface area contributed by atoms with Crippen molar-refractivity contribution < 1.29 is 9.84 Å². The van der Waals surface area contributed by atoms with E-state index in [0.29, 0.717) is 23.9 Å². The summed E-state index contributed by atoms with van der Waals surface area (Å²) in [6.07, 6.45) is 6.17. The fraction of sp³-hybridized carbons (Fsp3) is 0.867. The van der Waals surface area contributed by atoms with Crippen molar-refractivity contribution in [1.29, 1.82) is 0 Å². The summed E-state index contributed by atoms with van der Waals surface area (Å²) in [7, 11) is 0. The molecule has 0 amide bonds. The number of hydrogen-bond donors (Lipinski definition) is 1. The van der Waals surface area contributed by atoms with Gasteiger partial charge in [-0.3, -0.25) is 0 Å². The highest BCUT2D eigenvalue weighted by Crippen LogP contribution is 2.33. The molecular weight excluding hydrogens is 212 g/mol. The molecule has 2 heteroatoms. The molecule has 0 unspecified atom stereocenters. The highest BCUT2D eigenvalue weighted by atomic mass is 16.5. The smallest absolute Gasteiger partial charge is 0.0868 e. The first-order chi connectivity index (χ1) is 8.01. The van der Waals surface area contributed by atoms with Gasteiger partial charge in [-0.25, -0.2) is 0 Å². The summed E-state index contributed by atoms with van der Waals surface area (Å²) >= 11 is 0. The average molecular weight is 240 g/mol. The standard InChI is InChI=1S/C15H28O2/c1-6-8-10(3)12(5)15-13(16)9-11(4)14(7-2)17-15/h6,8,10-16H,7,9H2,1-5H3/b8-6+/t10-,11+,12+,13-,14+,15-/m0/s1. The first kappa shape index (κ1) is 14.7. The molecule has 0 saturated carbocycles. The van der Waals surface area contributed by atoms with Crippen molar-refractivity contribution in [3.8, 4) is 0 Å². The van der Waals surface area contributed by atoms with Gasteiger partial charge in [0.25, 0.3) is 0 Å². The number of rotatable bonds is 4. The summed E-state index contributed by atoms with van der Waals surface area (Å²) in [5.74, 6) is 1.28. The van der Waals surface area contributed by atoms with E-state index >= 15 is 0 Å². The lowest BCUT2D eigenvalue weighted by molar-refractivity contribution is -0.164. The summed E-state index contributed by atoms with van der Waals surface area (Å²) < 4.78 is 6.11. The van der Waals surface area contributed by atoms with E-state index in [1.165, 1.54) is 0 Å². The number of aliphatic hydroxyl groups excluding tert-OH is 1. The molecule has 0 aromatic rings. The molecule has 1 aliphatic rings. The van der Waals surface area contributed by atoms with Crippen molar-refractivity contribution in [3.63, 3.8) is 0 Å². The van der Waals surface area contributed by atoms with E-state index in [1.54, 1.807) is 0 Å². The minimum absolute atomic E-state index is 0.0117.